The van der Waals surface area contributed by atoms with Crippen LogP contribution < -0.4 is 5.32 Å². The molecule has 1 heterocycles. The molecule has 0 saturated heterocycles. The topological polar surface area (TPSA) is 54.9 Å². The number of aromatic nitrogens is 2. The van der Waals surface area contributed by atoms with Gasteiger partial charge in [-0.1, -0.05) is 40.6 Å². The van der Waals surface area contributed by atoms with Gasteiger partial charge in [-0.3, -0.25) is 10.1 Å². The fourth-order valence-electron chi connectivity index (χ4n) is 2.66. The summed E-state index contributed by atoms with van der Waals surface area (Å²) in [7, 11) is 0. The predicted octanol–water partition coefficient (Wildman–Crippen LogP) is 5.04. The van der Waals surface area contributed by atoms with Crippen LogP contribution >= 0.6 is 22.9 Å². The van der Waals surface area contributed by atoms with E-state index in [1.807, 2.05) is 0 Å². The van der Waals surface area contributed by atoms with E-state index in [9.17, 15) is 4.79 Å². The average Bonchev–Trinajstić information content (AvgIpc) is 2.95. The highest BCUT2D eigenvalue weighted by atomic mass is 35.5. The lowest BCUT2D eigenvalue weighted by molar-refractivity contribution is 0.102. The minimum atomic E-state index is -0.230. The van der Waals surface area contributed by atoms with E-state index in [0.29, 0.717) is 15.7 Å². The van der Waals surface area contributed by atoms with Gasteiger partial charge in [-0.05, 0) is 56.2 Å². The lowest BCUT2D eigenvalue weighted by atomic mass is 10.0. The zero-order chi connectivity index (χ0) is 17.3. The summed E-state index contributed by atoms with van der Waals surface area (Å²) in [6, 6.07) is 11.0. The number of nitrogens with zero attached hydrogens (tertiary/aromatic N) is 2. The molecule has 0 atom stereocenters. The summed E-state index contributed by atoms with van der Waals surface area (Å²) >= 11 is 7.20. The van der Waals surface area contributed by atoms with Crippen LogP contribution in [0.4, 0.5) is 5.13 Å². The first-order valence-electron chi connectivity index (χ1n) is 7.42. The van der Waals surface area contributed by atoms with E-state index in [-0.39, 0.29) is 5.91 Å². The van der Waals surface area contributed by atoms with Gasteiger partial charge in [0.05, 0.1) is 0 Å². The number of carbonyl (C=O) groups is 1. The molecule has 0 bridgehead atoms. The SMILES string of the molecule is Cc1cc(C)c(-c2nnc(NC(=O)c3ccc(Cl)cc3)s2)c(C)c1. The molecule has 0 spiro atoms. The molecule has 1 amide bonds. The number of benzene rings is 2. The van der Waals surface area contributed by atoms with Crippen molar-refractivity contribution in [2.75, 3.05) is 5.32 Å². The molecule has 0 unspecified atom stereocenters. The summed E-state index contributed by atoms with van der Waals surface area (Å²) < 4.78 is 0. The van der Waals surface area contributed by atoms with E-state index in [1.165, 1.54) is 16.9 Å². The van der Waals surface area contributed by atoms with Crippen LogP contribution in [0.3, 0.4) is 0 Å². The minimum Gasteiger partial charge on any atom is -0.296 e. The van der Waals surface area contributed by atoms with Gasteiger partial charge in [-0.15, -0.1) is 10.2 Å². The molecule has 0 fully saturated rings. The quantitative estimate of drug-likeness (QED) is 0.714. The highest BCUT2D eigenvalue weighted by Gasteiger charge is 2.14. The van der Waals surface area contributed by atoms with Gasteiger partial charge >= 0.3 is 0 Å². The summed E-state index contributed by atoms with van der Waals surface area (Å²) in [5, 5.41) is 13.0. The highest BCUT2D eigenvalue weighted by molar-refractivity contribution is 7.18. The van der Waals surface area contributed by atoms with Gasteiger partial charge in [0, 0.05) is 16.1 Å². The molecule has 0 saturated carbocycles. The first kappa shape index (κ1) is 16.6. The van der Waals surface area contributed by atoms with Crippen molar-refractivity contribution in [3.05, 3.63) is 63.7 Å². The van der Waals surface area contributed by atoms with Crippen LogP contribution in [0.1, 0.15) is 27.0 Å². The number of nitrogens with one attached hydrogen (secondary N) is 1. The molecule has 4 nitrogen and oxygen atoms in total. The molecule has 3 aromatic rings. The summed E-state index contributed by atoms with van der Waals surface area (Å²) in [4.78, 5) is 12.2. The molecule has 3 rings (SSSR count). The Balaban J connectivity index is 1.84. The standard InChI is InChI=1S/C18H16ClN3OS/c1-10-8-11(2)15(12(3)9-10)17-21-22-18(24-17)20-16(23)13-4-6-14(19)7-5-13/h4-9H,1-3H3,(H,20,22,23). The van der Waals surface area contributed by atoms with Gasteiger partial charge in [-0.2, -0.15) is 0 Å². The van der Waals surface area contributed by atoms with Crippen LogP contribution in [0.2, 0.25) is 5.02 Å². The molecular weight excluding hydrogens is 342 g/mol. The van der Waals surface area contributed by atoms with E-state index < -0.39 is 0 Å². The lowest BCUT2D eigenvalue weighted by Crippen LogP contribution is -2.11. The first-order valence-corrected chi connectivity index (χ1v) is 8.62. The maximum absolute atomic E-state index is 12.2. The summed E-state index contributed by atoms with van der Waals surface area (Å²) in [5.74, 6) is -0.230. The van der Waals surface area contributed by atoms with Gasteiger partial charge in [0.25, 0.3) is 5.91 Å². The van der Waals surface area contributed by atoms with Crippen molar-refractivity contribution in [1.82, 2.24) is 10.2 Å². The number of hydrogen-bond donors (Lipinski definition) is 1. The lowest BCUT2D eigenvalue weighted by Gasteiger charge is -2.07. The Morgan fingerprint density at radius 3 is 2.29 bits per heavy atom. The monoisotopic (exact) mass is 357 g/mol. The van der Waals surface area contributed by atoms with Crippen molar-refractivity contribution >= 4 is 34.0 Å². The molecule has 24 heavy (non-hydrogen) atoms. The van der Waals surface area contributed by atoms with Crippen molar-refractivity contribution in [3.63, 3.8) is 0 Å². The van der Waals surface area contributed by atoms with E-state index >= 15 is 0 Å². The Morgan fingerprint density at radius 1 is 1.04 bits per heavy atom. The second kappa shape index (κ2) is 6.71. The first-order chi connectivity index (χ1) is 11.4. The average molecular weight is 358 g/mol. The van der Waals surface area contributed by atoms with Crippen molar-refractivity contribution in [3.8, 4) is 10.6 Å². The normalized spacial score (nSPS) is 10.7. The fraction of sp³-hybridized carbons (Fsp3) is 0.167. The highest BCUT2D eigenvalue weighted by Crippen LogP contribution is 2.32. The van der Waals surface area contributed by atoms with E-state index in [1.54, 1.807) is 24.3 Å². The third kappa shape index (κ3) is 3.47. The van der Waals surface area contributed by atoms with E-state index in [0.717, 1.165) is 21.7 Å². The maximum atomic E-state index is 12.2. The number of hydrogen-bond acceptors (Lipinski definition) is 4. The van der Waals surface area contributed by atoms with Gasteiger partial charge < -0.3 is 0 Å². The van der Waals surface area contributed by atoms with Crippen LogP contribution in [-0.2, 0) is 0 Å². The van der Waals surface area contributed by atoms with Crippen molar-refractivity contribution in [2.45, 2.75) is 20.8 Å². The second-order valence-electron chi connectivity index (χ2n) is 5.65. The largest absolute Gasteiger partial charge is 0.296 e. The van der Waals surface area contributed by atoms with E-state index in [4.69, 9.17) is 11.6 Å². The molecule has 2 aromatic carbocycles. The predicted molar refractivity (Wildman–Crippen MR) is 99.0 cm³/mol. The maximum Gasteiger partial charge on any atom is 0.257 e. The number of carbonyl (C=O) groups excluding carboxylic acids is 1. The Kier molecular flexibility index (Phi) is 4.64. The molecule has 0 aliphatic heterocycles. The number of anilines is 1. The summed E-state index contributed by atoms with van der Waals surface area (Å²) in [5.41, 5.74) is 5.12. The molecule has 0 radical (unpaired) electrons. The van der Waals surface area contributed by atoms with Crippen LogP contribution in [0, 0.1) is 20.8 Å². The zero-order valence-electron chi connectivity index (χ0n) is 13.6. The third-order valence-corrected chi connectivity index (χ3v) is 4.75. The number of amides is 1. The van der Waals surface area contributed by atoms with Gasteiger partial charge in [0.2, 0.25) is 5.13 Å². The molecule has 0 aliphatic rings. The van der Waals surface area contributed by atoms with Crippen molar-refractivity contribution in [2.24, 2.45) is 0 Å². The van der Waals surface area contributed by atoms with Crippen LogP contribution in [-0.4, -0.2) is 16.1 Å². The molecule has 0 aliphatic carbocycles. The van der Waals surface area contributed by atoms with Gasteiger partial charge in [-0.25, -0.2) is 0 Å². The van der Waals surface area contributed by atoms with Crippen LogP contribution in [0.25, 0.3) is 10.6 Å². The Hall–Kier alpha value is -2.24. The van der Waals surface area contributed by atoms with E-state index in [2.05, 4.69) is 48.4 Å². The molecular formula is C18H16ClN3OS. The van der Waals surface area contributed by atoms with Crippen LogP contribution in [0.15, 0.2) is 36.4 Å². The Morgan fingerprint density at radius 2 is 1.67 bits per heavy atom. The fourth-order valence-corrected chi connectivity index (χ4v) is 3.70. The van der Waals surface area contributed by atoms with Gasteiger partial charge in [0.15, 0.2) is 0 Å². The van der Waals surface area contributed by atoms with Crippen molar-refractivity contribution < 1.29 is 4.79 Å². The number of aryl methyl sites for hydroxylation is 3. The molecule has 122 valence electrons. The molecule has 6 heteroatoms. The summed E-state index contributed by atoms with van der Waals surface area (Å²) in [6.45, 7) is 6.19. The Labute approximate surface area is 149 Å². The third-order valence-electron chi connectivity index (χ3n) is 3.64. The zero-order valence-corrected chi connectivity index (χ0v) is 15.1. The molecule has 1 N–H and O–H groups in total. The van der Waals surface area contributed by atoms with Crippen LogP contribution in [0.5, 0.6) is 0 Å². The summed E-state index contributed by atoms with van der Waals surface area (Å²) in [6.07, 6.45) is 0. The Bertz CT molecular complexity index is 880. The smallest absolute Gasteiger partial charge is 0.257 e. The van der Waals surface area contributed by atoms with Gasteiger partial charge in [0.1, 0.15) is 5.01 Å². The van der Waals surface area contributed by atoms with Crippen molar-refractivity contribution in [1.29, 1.82) is 0 Å². The number of rotatable bonds is 3. The number of halogens is 1. The molecule has 1 aromatic heterocycles. The second-order valence-corrected chi connectivity index (χ2v) is 7.06. The minimum absolute atomic E-state index is 0.230.